The Hall–Kier alpha value is -3.68. The number of amides is 1. The molecule has 2 aromatic carbocycles. The van der Waals surface area contributed by atoms with Crippen LogP contribution in [0.1, 0.15) is 20.8 Å². The van der Waals surface area contributed by atoms with Gasteiger partial charge in [-0.15, -0.1) is 0 Å². The molecule has 8 heteroatoms. The van der Waals surface area contributed by atoms with Gasteiger partial charge in [-0.1, -0.05) is 24.3 Å². The Morgan fingerprint density at radius 1 is 1.12 bits per heavy atom. The highest BCUT2D eigenvalue weighted by molar-refractivity contribution is 6.03. The molecule has 0 fully saturated rings. The zero-order valence-corrected chi connectivity index (χ0v) is 13.6. The van der Waals surface area contributed by atoms with Gasteiger partial charge in [0, 0.05) is 0 Å². The molecule has 1 amide bonds. The zero-order valence-electron chi connectivity index (χ0n) is 13.6. The first-order chi connectivity index (χ1) is 12.6. The largest absolute Gasteiger partial charge is 0.465 e. The second-order valence-electron chi connectivity index (χ2n) is 5.03. The summed E-state index contributed by atoms with van der Waals surface area (Å²) in [4.78, 5) is 27.6. The fourth-order valence-electron chi connectivity index (χ4n) is 2.08. The summed E-state index contributed by atoms with van der Waals surface area (Å²) >= 11 is 0. The van der Waals surface area contributed by atoms with Crippen LogP contribution >= 0.6 is 0 Å². The van der Waals surface area contributed by atoms with Gasteiger partial charge in [-0.25, -0.2) is 9.18 Å². The second kappa shape index (κ2) is 7.47. The SMILES string of the molecule is COC(=O)c1cccc(NC(=O)c2coc(Oc3ccccc3)n2)c1F. The molecule has 3 rings (SSSR count). The molecule has 0 spiro atoms. The van der Waals surface area contributed by atoms with Gasteiger partial charge in [0.15, 0.2) is 11.5 Å². The van der Waals surface area contributed by atoms with E-state index in [1.165, 1.54) is 18.2 Å². The molecule has 0 saturated heterocycles. The van der Waals surface area contributed by atoms with Crippen LogP contribution in [0.2, 0.25) is 0 Å². The third-order valence-corrected chi connectivity index (χ3v) is 3.32. The number of nitrogens with one attached hydrogen (secondary N) is 1. The predicted octanol–water partition coefficient (Wildman–Crippen LogP) is 3.64. The van der Waals surface area contributed by atoms with Crippen molar-refractivity contribution in [2.45, 2.75) is 0 Å². The van der Waals surface area contributed by atoms with Gasteiger partial charge in [0.1, 0.15) is 12.0 Å². The van der Waals surface area contributed by atoms with Crippen molar-refractivity contribution in [3.8, 4) is 11.8 Å². The summed E-state index contributed by atoms with van der Waals surface area (Å²) in [5.74, 6) is -1.99. The number of halogens is 1. The van der Waals surface area contributed by atoms with Crippen molar-refractivity contribution in [2.24, 2.45) is 0 Å². The third-order valence-electron chi connectivity index (χ3n) is 3.32. The van der Waals surface area contributed by atoms with E-state index in [4.69, 9.17) is 9.15 Å². The fourth-order valence-corrected chi connectivity index (χ4v) is 2.08. The number of oxazole rings is 1. The van der Waals surface area contributed by atoms with Gasteiger partial charge in [0.25, 0.3) is 5.91 Å². The summed E-state index contributed by atoms with van der Waals surface area (Å²) in [6.07, 6.45) is 0.945. The first-order valence-corrected chi connectivity index (χ1v) is 7.45. The van der Waals surface area contributed by atoms with Crippen molar-refractivity contribution in [1.82, 2.24) is 4.98 Å². The molecule has 0 aliphatic rings. The van der Waals surface area contributed by atoms with E-state index in [9.17, 15) is 14.0 Å². The molecule has 132 valence electrons. The number of ether oxygens (including phenoxy) is 2. The molecule has 1 aromatic heterocycles. The number of aromatic nitrogens is 1. The van der Waals surface area contributed by atoms with Crippen LogP contribution < -0.4 is 10.1 Å². The van der Waals surface area contributed by atoms with Crippen molar-refractivity contribution in [3.63, 3.8) is 0 Å². The molecule has 1 heterocycles. The van der Waals surface area contributed by atoms with E-state index in [0.29, 0.717) is 5.75 Å². The van der Waals surface area contributed by atoms with Gasteiger partial charge in [-0.05, 0) is 24.3 Å². The minimum absolute atomic E-state index is 0.112. The van der Waals surface area contributed by atoms with Gasteiger partial charge in [-0.3, -0.25) is 4.79 Å². The standard InChI is InChI=1S/C18H13FN2O5/c1-24-17(23)12-8-5-9-13(15(12)19)20-16(22)14-10-25-18(21-14)26-11-6-3-2-4-7-11/h2-10H,1H3,(H,20,22). The maximum absolute atomic E-state index is 14.3. The van der Waals surface area contributed by atoms with E-state index in [2.05, 4.69) is 15.0 Å². The summed E-state index contributed by atoms with van der Waals surface area (Å²) in [6.45, 7) is 0. The number of methoxy groups -OCH3 is 1. The number of para-hydroxylation sites is 1. The maximum Gasteiger partial charge on any atom is 0.399 e. The van der Waals surface area contributed by atoms with Crippen LogP contribution in [0, 0.1) is 5.82 Å². The third kappa shape index (κ3) is 3.69. The smallest absolute Gasteiger partial charge is 0.399 e. The molecule has 0 bridgehead atoms. The van der Waals surface area contributed by atoms with E-state index >= 15 is 0 Å². The van der Waals surface area contributed by atoms with Crippen LogP contribution in [-0.2, 0) is 4.74 Å². The molecule has 26 heavy (non-hydrogen) atoms. The van der Waals surface area contributed by atoms with Gasteiger partial charge in [0.2, 0.25) is 0 Å². The number of hydrogen-bond acceptors (Lipinski definition) is 6. The fraction of sp³-hybridized carbons (Fsp3) is 0.0556. The minimum atomic E-state index is -0.906. The van der Waals surface area contributed by atoms with Crippen molar-refractivity contribution < 1.29 is 27.9 Å². The molecule has 0 aliphatic carbocycles. The number of anilines is 1. The van der Waals surface area contributed by atoms with E-state index in [1.807, 2.05) is 6.07 Å². The van der Waals surface area contributed by atoms with Crippen molar-refractivity contribution in [1.29, 1.82) is 0 Å². The topological polar surface area (TPSA) is 90.7 Å². The molecule has 0 aliphatic heterocycles. The second-order valence-corrected chi connectivity index (χ2v) is 5.03. The number of hydrogen-bond donors (Lipinski definition) is 1. The average molecular weight is 356 g/mol. The maximum atomic E-state index is 14.3. The molecule has 3 aromatic rings. The van der Waals surface area contributed by atoms with Crippen LogP contribution in [0.25, 0.3) is 0 Å². The summed E-state index contributed by atoms with van der Waals surface area (Å²) in [5, 5.41) is 2.32. The number of benzene rings is 2. The monoisotopic (exact) mass is 356 g/mol. The van der Waals surface area contributed by atoms with Crippen LogP contribution in [0.4, 0.5) is 10.1 Å². The normalized spacial score (nSPS) is 10.2. The molecule has 0 atom stereocenters. The van der Waals surface area contributed by atoms with Crippen LogP contribution in [0.5, 0.6) is 11.8 Å². The predicted molar refractivity (Wildman–Crippen MR) is 88.7 cm³/mol. The Labute approximate surface area is 147 Å². The summed E-state index contributed by atoms with van der Waals surface area (Å²) in [7, 11) is 1.14. The Kier molecular flexibility index (Phi) is 4.93. The molecule has 0 saturated carbocycles. The lowest BCUT2D eigenvalue weighted by atomic mass is 10.2. The number of carbonyl (C=O) groups is 2. The lowest BCUT2D eigenvalue weighted by molar-refractivity contribution is 0.0595. The first kappa shape index (κ1) is 17.2. The van der Waals surface area contributed by atoms with Crippen molar-refractivity contribution in [2.75, 3.05) is 12.4 Å². The Balaban J connectivity index is 1.74. The van der Waals surface area contributed by atoms with E-state index in [1.54, 1.807) is 24.3 Å². The lowest BCUT2D eigenvalue weighted by Gasteiger charge is -2.07. The van der Waals surface area contributed by atoms with E-state index in [-0.39, 0.29) is 23.0 Å². The highest BCUT2D eigenvalue weighted by atomic mass is 19.1. The number of esters is 1. The summed E-state index contributed by atoms with van der Waals surface area (Å²) in [5.41, 5.74) is -0.594. The molecule has 1 N–H and O–H groups in total. The molecular weight excluding hydrogens is 343 g/mol. The Morgan fingerprint density at radius 2 is 1.88 bits per heavy atom. The van der Waals surface area contributed by atoms with Crippen LogP contribution in [-0.4, -0.2) is 24.0 Å². The van der Waals surface area contributed by atoms with E-state index in [0.717, 1.165) is 13.4 Å². The van der Waals surface area contributed by atoms with Crippen LogP contribution in [0.3, 0.4) is 0 Å². The Morgan fingerprint density at radius 3 is 2.62 bits per heavy atom. The minimum Gasteiger partial charge on any atom is -0.465 e. The molecule has 0 unspecified atom stereocenters. The van der Waals surface area contributed by atoms with Gasteiger partial charge in [0.05, 0.1) is 18.4 Å². The quantitative estimate of drug-likeness (QED) is 0.702. The van der Waals surface area contributed by atoms with Crippen molar-refractivity contribution in [3.05, 3.63) is 71.9 Å². The van der Waals surface area contributed by atoms with Crippen LogP contribution in [0.15, 0.2) is 59.2 Å². The van der Waals surface area contributed by atoms with Crippen molar-refractivity contribution >= 4 is 17.6 Å². The number of nitrogens with zero attached hydrogens (tertiary/aromatic N) is 1. The average Bonchev–Trinajstić information content (AvgIpc) is 3.12. The number of rotatable bonds is 5. The van der Waals surface area contributed by atoms with Gasteiger partial charge in [-0.2, -0.15) is 4.98 Å². The highest BCUT2D eigenvalue weighted by Crippen LogP contribution is 2.22. The first-order valence-electron chi connectivity index (χ1n) is 7.45. The van der Waals surface area contributed by atoms with Gasteiger partial charge >= 0.3 is 12.0 Å². The van der Waals surface area contributed by atoms with E-state index < -0.39 is 17.7 Å². The molecular formula is C18H13FN2O5. The lowest BCUT2D eigenvalue weighted by Crippen LogP contribution is -2.15. The molecule has 0 radical (unpaired) electrons. The molecule has 7 nitrogen and oxygen atoms in total. The van der Waals surface area contributed by atoms with Gasteiger partial charge < -0.3 is 19.2 Å². The zero-order chi connectivity index (χ0) is 18.5. The number of carbonyl (C=O) groups excluding carboxylic acids is 2. The highest BCUT2D eigenvalue weighted by Gasteiger charge is 2.19. The summed E-state index contributed by atoms with van der Waals surface area (Å²) < 4.78 is 29.2. The Bertz CT molecular complexity index is 940. The summed E-state index contributed by atoms with van der Waals surface area (Å²) in [6, 6.07) is 12.7.